The van der Waals surface area contributed by atoms with Crippen LogP contribution in [-0.2, 0) is 23.1 Å². The Hall–Kier alpha value is -1.14. The van der Waals surface area contributed by atoms with Crippen molar-refractivity contribution in [3.05, 3.63) is 46.7 Å². The van der Waals surface area contributed by atoms with E-state index in [4.69, 9.17) is 4.74 Å². The highest BCUT2D eigenvalue weighted by Crippen LogP contribution is 2.24. The number of aromatic nitrogens is 2. The zero-order valence-electron chi connectivity index (χ0n) is 10.6. The smallest absolute Gasteiger partial charge is 0.123 e. The molecule has 1 aromatic carbocycles. The summed E-state index contributed by atoms with van der Waals surface area (Å²) in [6.07, 6.45) is 3.59. The maximum absolute atomic E-state index is 12.1. The van der Waals surface area contributed by atoms with E-state index >= 15 is 0 Å². The van der Waals surface area contributed by atoms with Gasteiger partial charge >= 0.3 is 0 Å². The van der Waals surface area contributed by atoms with Gasteiger partial charge in [-0.1, -0.05) is 15.9 Å². The molecule has 4 nitrogen and oxygen atoms in total. The summed E-state index contributed by atoms with van der Waals surface area (Å²) in [5.74, 6) is 1.84. The highest BCUT2D eigenvalue weighted by atomic mass is 79.9. The number of aryl methyl sites for hydroxylation is 1. The van der Waals surface area contributed by atoms with Crippen LogP contribution in [0.3, 0.4) is 0 Å². The van der Waals surface area contributed by atoms with Crippen molar-refractivity contribution in [2.45, 2.75) is 12.3 Å². The monoisotopic (exact) mass is 342 g/mol. The molecule has 0 N–H and O–H groups in total. The summed E-state index contributed by atoms with van der Waals surface area (Å²) in [7, 11) is 0.687. The van der Waals surface area contributed by atoms with Crippen LogP contribution >= 0.6 is 15.9 Å². The standard InChI is InChI=1S/C13H15BrN2O2S/c1-18-13-4-3-12(14)9-11(13)10-19(17)8-7-16-6-2-5-15-16/h2-6,9H,7-8,10H2,1H3. The van der Waals surface area contributed by atoms with Crippen molar-refractivity contribution >= 4 is 26.7 Å². The highest BCUT2D eigenvalue weighted by Gasteiger charge is 2.08. The molecule has 1 aromatic heterocycles. The van der Waals surface area contributed by atoms with E-state index in [1.54, 1.807) is 18.0 Å². The minimum absolute atomic E-state index is 0.490. The van der Waals surface area contributed by atoms with Gasteiger partial charge in [-0.25, -0.2) is 0 Å². The molecule has 1 atom stereocenters. The van der Waals surface area contributed by atoms with Crippen molar-refractivity contribution in [2.75, 3.05) is 12.9 Å². The summed E-state index contributed by atoms with van der Waals surface area (Å²) in [5.41, 5.74) is 0.954. The summed E-state index contributed by atoms with van der Waals surface area (Å²) in [5, 5.41) is 4.09. The number of benzene rings is 1. The Morgan fingerprint density at radius 2 is 2.32 bits per heavy atom. The summed E-state index contributed by atoms with van der Waals surface area (Å²) < 4.78 is 20.1. The van der Waals surface area contributed by atoms with Gasteiger partial charge in [0.1, 0.15) is 5.75 Å². The zero-order valence-corrected chi connectivity index (χ0v) is 13.0. The Bertz CT molecular complexity index is 558. The lowest BCUT2D eigenvalue weighted by molar-refractivity contribution is 0.411. The van der Waals surface area contributed by atoms with Crippen LogP contribution in [0.15, 0.2) is 41.1 Å². The van der Waals surface area contributed by atoms with E-state index in [0.717, 1.165) is 15.8 Å². The van der Waals surface area contributed by atoms with Crippen molar-refractivity contribution in [1.29, 1.82) is 0 Å². The SMILES string of the molecule is COc1ccc(Br)cc1CS(=O)CCn1cccn1. The molecular weight excluding hydrogens is 328 g/mol. The molecule has 19 heavy (non-hydrogen) atoms. The van der Waals surface area contributed by atoms with Gasteiger partial charge in [-0.3, -0.25) is 8.89 Å². The lowest BCUT2D eigenvalue weighted by atomic mass is 10.2. The van der Waals surface area contributed by atoms with Crippen LogP contribution in [0.2, 0.25) is 0 Å². The van der Waals surface area contributed by atoms with E-state index in [-0.39, 0.29) is 0 Å². The van der Waals surface area contributed by atoms with E-state index in [2.05, 4.69) is 21.0 Å². The average Bonchev–Trinajstić information content (AvgIpc) is 2.90. The molecule has 1 heterocycles. The molecule has 1 unspecified atom stereocenters. The minimum atomic E-state index is -0.937. The fraction of sp³-hybridized carbons (Fsp3) is 0.308. The van der Waals surface area contributed by atoms with Crippen molar-refractivity contribution in [3.63, 3.8) is 0 Å². The average molecular weight is 343 g/mol. The Balaban J connectivity index is 1.96. The van der Waals surface area contributed by atoms with Crippen molar-refractivity contribution < 1.29 is 8.95 Å². The van der Waals surface area contributed by atoms with Gasteiger partial charge in [0.15, 0.2) is 0 Å². The molecule has 6 heteroatoms. The molecule has 0 amide bonds. The Morgan fingerprint density at radius 1 is 1.47 bits per heavy atom. The number of rotatable bonds is 6. The second-order valence-corrected chi connectivity index (χ2v) is 6.51. The first-order valence-electron chi connectivity index (χ1n) is 5.84. The second kappa shape index (κ2) is 6.86. The number of methoxy groups -OCH3 is 1. The predicted octanol–water partition coefficient (Wildman–Crippen LogP) is 2.60. The van der Waals surface area contributed by atoms with Crippen molar-refractivity contribution in [2.24, 2.45) is 0 Å². The van der Waals surface area contributed by atoms with Crippen LogP contribution in [-0.4, -0.2) is 26.9 Å². The molecule has 0 aliphatic heterocycles. The van der Waals surface area contributed by atoms with Gasteiger partial charge in [0.25, 0.3) is 0 Å². The van der Waals surface area contributed by atoms with Crippen LogP contribution < -0.4 is 4.74 Å². The molecule has 0 spiro atoms. The third-order valence-electron chi connectivity index (χ3n) is 2.67. The number of nitrogens with zero attached hydrogens (tertiary/aromatic N) is 2. The largest absolute Gasteiger partial charge is 0.496 e. The number of hydrogen-bond acceptors (Lipinski definition) is 3. The van der Waals surface area contributed by atoms with E-state index in [0.29, 0.717) is 18.1 Å². The fourth-order valence-corrected chi connectivity index (χ4v) is 3.25. The van der Waals surface area contributed by atoms with Gasteiger partial charge in [-0.2, -0.15) is 5.10 Å². The fourth-order valence-electron chi connectivity index (χ4n) is 1.73. The topological polar surface area (TPSA) is 44.1 Å². The zero-order chi connectivity index (χ0) is 13.7. The van der Waals surface area contributed by atoms with E-state index < -0.39 is 10.8 Å². The summed E-state index contributed by atoms with van der Waals surface area (Å²) in [6, 6.07) is 7.60. The molecule has 0 aliphatic rings. The van der Waals surface area contributed by atoms with Crippen LogP contribution in [0.25, 0.3) is 0 Å². The quantitative estimate of drug-likeness (QED) is 0.810. The molecule has 2 rings (SSSR count). The first-order chi connectivity index (χ1) is 9.19. The van der Waals surface area contributed by atoms with Gasteiger partial charge in [-0.05, 0) is 24.3 Å². The van der Waals surface area contributed by atoms with Gasteiger partial charge in [-0.15, -0.1) is 0 Å². The molecule has 102 valence electrons. The molecule has 0 aliphatic carbocycles. The summed E-state index contributed by atoms with van der Waals surface area (Å²) in [6.45, 7) is 0.663. The summed E-state index contributed by atoms with van der Waals surface area (Å²) in [4.78, 5) is 0. The normalized spacial score (nSPS) is 12.3. The molecule has 0 saturated carbocycles. The molecule has 2 aromatic rings. The lowest BCUT2D eigenvalue weighted by Gasteiger charge is -2.09. The number of hydrogen-bond donors (Lipinski definition) is 0. The van der Waals surface area contributed by atoms with E-state index in [1.807, 2.05) is 30.5 Å². The third-order valence-corrected chi connectivity index (χ3v) is 4.43. The first-order valence-corrected chi connectivity index (χ1v) is 8.12. The molecule has 0 bridgehead atoms. The van der Waals surface area contributed by atoms with E-state index in [9.17, 15) is 4.21 Å². The van der Waals surface area contributed by atoms with Crippen molar-refractivity contribution in [3.8, 4) is 5.75 Å². The minimum Gasteiger partial charge on any atom is -0.496 e. The maximum atomic E-state index is 12.1. The Labute approximate surface area is 123 Å². The van der Waals surface area contributed by atoms with Gasteiger partial charge in [0, 0.05) is 39.0 Å². The highest BCUT2D eigenvalue weighted by molar-refractivity contribution is 9.10. The van der Waals surface area contributed by atoms with Gasteiger partial charge in [0.2, 0.25) is 0 Å². The summed E-state index contributed by atoms with van der Waals surface area (Å²) >= 11 is 3.42. The molecule has 0 saturated heterocycles. The maximum Gasteiger partial charge on any atom is 0.123 e. The second-order valence-electron chi connectivity index (χ2n) is 4.01. The van der Waals surface area contributed by atoms with Crippen LogP contribution in [0.5, 0.6) is 5.75 Å². The number of halogens is 1. The first kappa shape index (κ1) is 14.3. The third kappa shape index (κ3) is 4.18. The molecule has 0 radical (unpaired) electrons. The van der Waals surface area contributed by atoms with E-state index in [1.165, 1.54) is 0 Å². The predicted molar refractivity (Wildman–Crippen MR) is 79.6 cm³/mol. The van der Waals surface area contributed by atoms with Crippen LogP contribution in [0.4, 0.5) is 0 Å². The molecular formula is C13H15BrN2O2S. The van der Waals surface area contributed by atoms with Crippen LogP contribution in [0, 0.1) is 0 Å². The Kier molecular flexibility index (Phi) is 5.15. The molecule has 0 fully saturated rings. The lowest BCUT2D eigenvalue weighted by Crippen LogP contribution is -2.10. The van der Waals surface area contributed by atoms with Gasteiger partial charge < -0.3 is 4.74 Å². The van der Waals surface area contributed by atoms with Crippen LogP contribution in [0.1, 0.15) is 5.56 Å². The number of ether oxygens (including phenoxy) is 1. The Morgan fingerprint density at radius 3 is 3.00 bits per heavy atom. The van der Waals surface area contributed by atoms with Crippen molar-refractivity contribution in [1.82, 2.24) is 9.78 Å². The van der Waals surface area contributed by atoms with Gasteiger partial charge in [0.05, 0.1) is 19.4 Å².